The number of allylic oxidation sites excluding steroid dienone is 1. The minimum Gasteiger partial charge on any atom is -0.481 e. The third-order valence-corrected chi connectivity index (χ3v) is 11.4. The molecular weight excluding hydrogens is 583 g/mol. The van der Waals surface area contributed by atoms with E-state index in [0.29, 0.717) is 66.2 Å². The lowest BCUT2D eigenvalue weighted by molar-refractivity contribution is -0.143. The van der Waals surface area contributed by atoms with Crippen molar-refractivity contribution in [2.45, 2.75) is 51.5 Å². The molecule has 1 atom stereocenters. The summed E-state index contributed by atoms with van der Waals surface area (Å²) in [4.78, 5) is 33.7. The molecule has 10 nitrogen and oxygen atoms in total. The predicted molar refractivity (Wildman–Crippen MR) is 156 cm³/mol. The van der Waals surface area contributed by atoms with E-state index in [1.807, 2.05) is 5.38 Å². The van der Waals surface area contributed by atoms with Gasteiger partial charge in [0.15, 0.2) is 10.8 Å². The summed E-state index contributed by atoms with van der Waals surface area (Å²) in [6.45, 7) is 2.21. The number of thiazole rings is 1. The summed E-state index contributed by atoms with van der Waals surface area (Å²) in [5.74, 6) is -1.96. The van der Waals surface area contributed by atoms with E-state index in [1.165, 1.54) is 28.8 Å². The predicted octanol–water partition coefficient (Wildman–Crippen LogP) is 4.04. The zero-order valence-corrected chi connectivity index (χ0v) is 25.2. The Bertz CT molecular complexity index is 1490. The molecule has 2 N–H and O–H groups in total. The minimum absolute atomic E-state index is 0.0140. The molecule has 13 heteroatoms. The summed E-state index contributed by atoms with van der Waals surface area (Å²) in [5.41, 5.74) is 1.80. The van der Waals surface area contributed by atoms with Gasteiger partial charge in [-0.2, -0.15) is 0 Å². The van der Waals surface area contributed by atoms with Gasteiger partial charge >= 0.3 is 11.9 Å². The Labute approximate surface area is 248 Å². The number of aliphatic imine (C=N–C) groups is 1. The van der Waals surface area contributed by atoms with Crippen LogP contribution in [0.25, 0.3) is 0 Å². The molecule has 3 aliphatic rings. The van der Waals surface area contributed by atoms with Crippen LogP contribution >= 0.6 is 11.3 Å². The molecule has 2 fully saturated rings. The number of rotatable bonds is 8. The number of ether oxygens (including phenoxy) is 1. The van der Waals surface area contributed by atoms with E-state index in [0.717, 1.165) is 0 Å². The van der Waals surface area contributed by atoms with Gasteiger partial charge in [-0.1, -0.05) is 12.1 Å². The van der Waals surface area contributed by atoms with Crippen LogP contribution in [0.1, 0.15) is 60.7 Å². The minimum atomic E-state index is -3.54. The first-order chi connectivity index (χ1) is 20.1. The number of nitrogens with zero attached hydrogens (tertiary/aromatic N) is 3. The topological polar surface area (TPSA) is 138 Å². The molecule has 226 valence electrons. The van der Waals surface area contributed by atoms with Gasteiger partial charge in [-0.15, -0.1) is 11.3 Å². The van der Waals surface area contributed by atoms with Gasteiger partial charge < -0.3 is 15.2 Å². The quantitative estimate of drug-likeness (QED) is 0.423. The third-order valence-electron chi connectivity index (χ3n) is 8.62. The number of methoxy groups -OCH3 is 1. The fourth-order valence-corrected chi connectivity index (χ4v) is 8.71. The molecule has 0 bridgehead atoms. The lowest BCUT2D eigenvalue weighted by Crippen LogP contribution is -2.44. The van der Waals surface area contributed by atoms with Crippen molar-refractivity contribution >= 4 is 39.1 Å². The fraction of sp³-hybridized carbons (Fsp3) is 0.517. The Morgan fingerprint density at radius 1 is 1.17 bits per heavy atom. The molecule has 3 heterocycles. The number of carbonyl (C=O) groups is 2. The number of hydrogen-bond acceptors (Lipinski definition) is 9. The van der Waals surface area contributed by atoms with Crippen molar-refractivity contribution in [3.63, 3.8) is 0 Å². The Balaban J connectivity index is 1.39. The highest BCUT2D eigenvalue weighted by Crippen LogP contribution is 2.39. The highest BCUT2D eigenvalue weighted by Gasteiger charge is 2.39. The van der Waals surface area contributed by atoms with E-state index >= 15 is 0 Å². The summed E-state index contributed by atoms with van der Waals surface area (Å²) in [7, 11) is -2.24. The average Bonchev–Trinajstić information content (AvgIpc) is 3.53. The zero-order chi connectivity index (χ0) is 30.0. The van der Waals surface area contributed by atoms with Gasteiger partial charge in [-0.25, -0.2) is 26.9 Å². The number of aromatic nitrogens is 1. The number of carbonyl (C=O) groups excluding carboxylic acids is 1. The summed E-state index contributed by atoms with van der Waals surface area (Å²) >= 11 is 1.38. The van der Waals surface area contributed by atoms with Crippen molar-refractivity contribution in [1.29, 1.82) is 0 Å². The molecule has 1 saturated carbocycles. The first-order valence-electron chi connectivity index (χ1n) is 14.1. The molecule has 1 aromatic carbocycles. The van der Waals surface area contributed by atoms with Gasteiger partial charge in [-0.3, -0.25) is 9.79 Å². The standard InChI is InChI=1S/C29H35FN4O6S2/c1-17-21(4-3-5-22(17)30)25-23(29(37)40-2)24(32-26(33-25)27-31-12-15-41-27)19-10-13-34(14-11-19)42(38,39)16-18-6-8-20(9-7-18)28(35)36/h3-5,12,15,18-20,25H,6-11,13-14,16H2,1-2H3,(H,32,33)(H,35,36)/t18-,20-,25?. The maximum Gasteiger partial charge on any atom is 0.338 e. The second-order valence-electron chi connectivity index (χ2n) is 11.1. The van der Waals surface area contributed by atoms with Gasteiger partial charge in [0.25, 0.3) is 0 Å². The maximum atomic E-state index is 14.6. The number of carboxylic acid groups (broad SMARTS) is 1. The summed E-state index contributed by atoms with van der Waals surface area (Å²) in [6.07, 6.45) is 4.77. The number of piperidine rings is 1. The van der Waals surface area contributed by atoms with E-state index in [-0.39, 0.29) is 36.3 Å². The van der Waals surface area contributed by atoms with Crippen LogP contribution in [0.3, 0.4) is 0 Å². The van der Waals surface area contributed by atoms with Crippen LogP contribution in [0.4, 0.5) is 4.39 Å². The molecule has 42 heavy (non-hydrogen) atoms. The molecular formula is C29H35FN4O6S2. The molecule has 1 unspecified atom stereocenters. The number of benzene rings is 1. The Morgan fingerprint density at radius 3 is 2.50 bits per heavy atom. The van der Waals surface area contributed by atoms with Gasteiger partial charge in [0.1, 0.15) is 11.9 Å². The lowest BCUT2D eigenvalue weighted by Gasteiger charge is -2.37. The van der Waals surface area contributed by atoms with Crippen molar-refractivity contribution < 1.29 is 32.2 Å². The monoisotopic (exact) mass is 618 g/mol. The SMILES string of the molecule is COC(=O)C1=C(C2CCN(S(=O)(=O)C[C@H]3CC[C@H](C(=O)O)CC3)CC2)NC(c2nccs2)=NC1c1cccc(F)c1C. The van der Waals surface area contributed by atoms with Gasteiger partial charge in [0.2, 0.25) is 10.0 Å². The molecule has 1 saturated heterocycles. The van der Waals surface area contributed by atoms with Crippen LogP contribution in [-0.2, 0) is 24.3 Å². The summed E-state index contributed by atoms with van der Waals surface area (Å²) in [6, 6.07) is 3.87. The number of nitrogens with one attached hydrogen (secondary N) is 1. The smallest absolute Gasteiger partial charge is 0.338 e. The van der Waals surface area contributed by atoms with E-state index < -0.39 is 39.7 Å². The van der Waals surface area contributed by atoms with Crippen LogP contribution in [0.15, 0.2) is 46.0 Å². The number of carboxylic acids is 1. The number of esters is 1. The molecule has 2 aliphatic heterocycles. The van der Waals surface area contributed by atoms with E-state index in [2.05, 4.69) is 10.3 Å². The highest BCUT2D eigenvalue weighted by molar-refractivity contribution is 7.89. The van der Waals surface area contributed by atoms with Crippen molar-refractivity contribution in [3.05, 3.63) is 63.0 Å². The first-order valence-corrected chi connectivity index (χ1v) is 16.6. The van der Waals surface area contributed by atoms with Gasteiger partial charge in [0.05, 0.1) is 24.4 Å². The molecule has 2 aromatic rings. The van der Waals surface area contributed by atoms with Crippen LogP contribution in [0.2, 0.25) is 0 Å². The van der Waals surface area contributed by atoms with Crippen LogP contribution < -0.4 is 5.32 Å². The van der Waals surface area contributed by atoms with Gasteiger partial charge in [-0.05, 0) is 68.6 Å². The van der Waals surface area contributed by atoms with Crippen LogP contribution in [0.5, 0.6) is 0 Å². The molecule has 1 aromatic heterocycles. The second-order valence-corrected chi connectivity index (χ2v) is 14.0. The molecule has 0 radical (unpaired) electrons. The molecule has 0 spiro atoms. The second kappa shape index (κ2) is 12.6. The van der Waals surface area contributed by atoms with Crippen LogP contribution in [-0.4, -0.2) is 66.5 Å². The Kier molecular flexibility index (Phi) is 9.09. The third kappa shape index (κ3) is 6.28. The Hall–Kier alpha value is -3.16. The number of halogens is 1. The van der Waals surface area contributed by atoms with Crippen LogP contribution in [0, 0.1) is 30.5 Å². The first kappa shape index (κ1) is 30.3. The number of amidine groups is 1. The average molecular weight is 619 g/mol. The van der Waals surface area contributed by atoms with Crippen molar-refractivity contribution in [1.82, 2.24) is 14.6 Å². The zero-order valence-electron chi connectivity index (χ0n) is 23.6. The van der Waals surface area contributed by atoms with Crippen molar-refractivity contribution in [2.75, 3.05) is 26.0 Å². The normalized spacial score (nSPS) is 24.2. The van der Waals surface area contributed by atoms with E-state index in [4.69, 9.17) is 9.73 Å². The lowest BCUT2D eigenvalue weighted by atomic mass is 9.83. The summed E-state index contributed by atoms with van der Waals surface area (Å²) in [5, 5.41) is 15.0. The Morgan fingerprint density at radius 2 is 1.88 bits per heavy atom. The molecule has 1 aliphatic carbocycles. The maximum absolute atomic E-state index is 14.6. The highest BCUT2D eigenvalue weighted by atomic mass is 32.2. The molecule has 0 amide bonds. The largest absolute Gasteiger partial charge is 0.481 e. The number of hydrogen-bond donors (Lipinski definition) is 2. The summed E-state index contributed by atoms with van der Waals surface area (Å²) < 4.78 is 48.0. The van der Waals surface area contributed by atoms with Crippen molar-refractivity contribution in [2.24, 2.45) is 22.7 Å². The van der Waals surface area contributed by atoms with E-state index in [9.17, 15) is 27.5 Å². The van der Waals surface area contributed by atoms with Gasteiger partial charge in [0, 0.05) is 36.3 Å². The number of sulfonamides is 1. The van der Waals surface area contributed by atoms with E-state index in [1.54, 1.807) is 25.3 Å². The fourth-order valence-electron chi connectivity index (χ4n) is 6.22. The van der Waals surface area contributed by atoms with Crippen molar-refractivity contribution in [3.8, 4) is 0 Å². The molecule has 5 rings (SSSR count). The number of aliphatic carboxylic acids is 1.